The van der Waals surface area contributed by atoms with Crippen molar-refractivity contribution in [3.63, 3.8) is 0 Å². The van der Waals surface area contributed by atoms with Crippen molar-refractivity contribution in [2.45, 2.75) is 20.5 Å². The first-order valence-corrected chi connectivity index (χ1v) is 10.8. The minimum Gasteiger partial charge on any atom is -0.489 e. The first-order chi connectivity index (χ1) is 16.3. The molecule has 3 aromatic carbocycles. The molecule has 172 valence electrons. The third-order valence-corrected chi connectivity index (χ3v) is 5.79. The van der Waals surface area contributed by atoms with Crippen molar-refractivity contribution in [2.24, 2.45) is 0 Å². The largest absolute Gasteiger partial charge is 0.489 e. The van der Waals surface area contributed by atoms with Crippen molar-refractivity contribution in [3.05, 3.63) is 110 Å². The van der Waals surface area contributed by atoms with E-state index in [0.717, 1.165) is 22.6 Å². The van der Waals surface area contributed by atoms with Gasteiger partial charge in [-0.25, -0.2) is 4.68 Å². The lowest BCUT2D eigenvalue weighted by Crippen LogP contribution is -2.12. The molecule has 0 spiro atoms. The lowest BCUT2D eigenvalue weighted by Gasteiger charge is -2.09. The molecule has 8 nitrogen and oxygen atoms in total. The molecule has 0 fully saturated rings. The second kappa shape index (κ2) is 9.76. The van der Waals surface area contributed by atoms with E-state index in [1.54, 1.807) is 53.2 Å². The summed E-state index contributed by atoms with van der Waals surface area (Å²) in [6, 6.07) is 20.3. The third-order valence-electron chi connectivity index (χ3n) is 5.24. The zero-order chi connectivity index (χ0) is 24.2. The zero-order valence-electron chi connectivity index (χ0n) is 18.5. The van der Waals surface area contributed by atoms with E-state index in [4.69, 9.17) is 16.3 Å². The number of nitrogens with one attached hydrogen (secondary N) is 1. The van der Waals surface area contributed by atoms with Crippen LogP contribution >= 0.6 is 11.6 Å². The van der Waals surface area contributed by atoms with Gasteiger partial charge in [0.05, 0.1) is 27.0 Å². The van der Waals surface area contributed by atoms with Gasteiger partial charge in [0.1, 0.15) is 12.4 Å². The van der Waals surface area contributed by atoms with Gasteiger partial charge in [-0.1, -0.05) is 11.6 Å². The average molecular weight is 477 g/mol. The number of amides is 1. The number of hydrogen-bond donors (Lipinski definition) is 1. The Morgan fingerprint density at radius 3 is 2.24 bits per heavy atom. The number of nitro groups is 1. The Bertz CT molecular complexity index is 1330. The van der Waals surface area contributed by atoms with Gasteiger partial charge in [0.15, 0.2) is 0 Å². The quantitative estimate of drug-likeness (QED) is 0.265. The van der Waals surface area contributed by atoms with Crippen LogP contribution in [0.4, 0.5) is 11.4 Å². The SMILES string of the molecule is Cc1nn(-c2ccc(NC(=O)c3ccc(OCc4ccc([N+](=O)[O-])cc4)cc3)cc2)c(C)c1Cl. The molecule has 0 saturated carbocycles. The van der Waals surface area contributed by atoms with Crippen molar-refractivity contribution >= 4 is 28.9 Å². The number of nitrogens with zero attached hydrogens (tertiary/aromatic N) is 3. The van der Waals surface area contributed by atoms with E-state index >= 15 is 0 Å². The fourth-order valence-corrected chi connectivity index (χ4v) is 3.47. The summed E-state index contributed by atoms with van der Waals surface area (Å²) in [5.74, 6) is 0.339. The summed E-state index contributed by atoms with van der Waals surface area (Å²) < 4.78 is 7.46. The number of non-ortho nitro benzene ring substituents is 1. The maximum atomic E-state index is 12.6. The zero-order valence-corrected chi connectivity index (χ0v) is 19.2. The second-order valence-electron chi connectivity index (χ2n) is 7.63. The number of carbonyl (C=O) groups excluding carboxylic acids is 1. The molecule has 0 atom stereocenters. The number of benzene rings is 3. The predicted molar refractivity (Wildman–Crippen MR) is 130 cm³/mol. The number of aryl methyl sites for hydroxylation is 1. The van der Waals surface area contributed by atoms with Crippen molar-refractivity contribution in [1.29, 1.82) is 0 Å². The normalized spacial score (nSPS) is 10.7. The van der Waals surface area contributed by atoms with Crippen LogP contribution in [0, 0.1) is 24.0 Å². The number of ether oxygens (including phenoxy) is 1. The highest BCUT2D eigenvalue weighted by molar-refractivity contribution is 6.31. The smallest absolute Gasteiger partial charge is 0.269 e. The van der Waals surface area contributed by atoms with Gasteiger partial charge < -0.3 is 10.1 Å². The number of hydrogen-bond acceptors (Lipinski definition) is 5. The van der Waals surface area contributed by atoms with E-state index in [0.29, 0.717) is 22.0 Å². The maximum absolute atomic E-state index is 12.6. The summed E-state index contributed by atoms with van der Waals surface area (Å²) in [7, 11) is 0. The van der Waals surface area contributed by atoms with Crippen LogP contribution in [0.5, 0.6) is 5.75 Å². The van der Waals surface area contributed by atoms with Gasteiger partial charge in [0, 0.05) is 23.4 Å². The summed E-state index contributed by atoms with van der Waals surface area (Å²) in [5, 5.41) is 18.7. The summed E-state index contributed by atoms with van der Waals surface area (Å²) in [6.07, 6.45) is 0. The molecule has 0 aliphatic rings. The van der Waals surface area contributed by atoms with Crippen LogP contribution in [0.2, 0.25) is 5.02 Å². The Kier molecular flexibility index (Phi) is 6.60. The van der Waals surface area contributed by atoms with E-state index in [2.05, 4.69) is 10.4 Å². The number of rotatable bonds is 7. The van der Waals surface area contributed by atoms with E-state index in [1.165, 1.54) is 12.1 Å². The van der Waals surface area contributed by atoms with Gasteiger partial charge in [-0.2, -0.15) is 5.10 Å². The lowest BCUT2D eigenvalue weighted by atomic mass is 10.2. The van der Waals surface area contributed by atoms with Gasteiger partial charge >= 0.3 is 0 Å². The fourth-order valence-electron chi connectivity index (χ4n) is 3.35. The molecule has 4 aromatic rings. The molecule has 1 heterocycles. The summed E-state index contributed by atoms with van der Waals surface area (Å²) in [5.41, 5.74) is 4.43. The maximum Gasteiger partial charge on any atom is 0.269 e. The van der Waals surface area contributed by atoms with Gasteiger partial charge in [-0.05, 0) is 80.1 Å². The molecule has 0 unspecified atom stereocenters. The molecule has 4 rings (SSSR count). The molecule has 0 bridgehead atoms. The minimum absolute atomic E-state index is 0.0322. The molecule has 34 heavy (non-hydrogen) atoms. The van der Waals surface area contributed by atoms with Crippen molar-refractivity contribution in [1.82, 2.24) is 9.78 Å². The van der Waals surface area contributed by atoms with Crippen LogP contribution in [0.15, 0.2) is 72.8 Å². The van der Waals surface area contributed by atoms with Crippen LogP contribution in [0.3, 0.4) is 0 Å². The molecule has 0 aliphatic carbocycles. The Morgan fingerprint density at radius 2 is 1.68 bits per heavy atom. The summed E-state index contributed by atoms with van der Waals surface area (Å²) in [6.45, 7) is 4.01. The fraction of sp³-hybridized carbons (Fsp3) is 0.120. The number of aromatic nitrogens is 2. The lowest BCUT2D eigenvalue weighted by molar-refractivity contribution is -0.384. The predicted octanol–water partition coefficient (Wildman–Crippen LogP) is 5.88. The van der Waals surface area contributed by atoms with Crippen LogP contribution < -0.4 is 10.1 Å². The summed E-state index contributed by atoms with van der Waals surface area (Å²) >= 11 is 6.22. The molecular formula is C25H21ClN4O4. The average Bonchev–Trinajstić information content (AvgIpc) is 3.11. The summed E-state index contributed by atoms with van der Waals surface area (Å²) in [4.78, 5) is 22.9. The van der Waals surface area contributed by atoms with Gasteiger partial charge in [-0.3, -0.25) is 14.9 Å². The number of halogens is 1. The Morgan fingerprint density at radius 1 is 1.03 bits per heavy atom. The molecule has 0 aliphatic heterocycles. The van der Waals surface area contributed by atoms with E-state index < -0.39 is 4.92 Å². The van der Waals surface area contributed by atoms with Crippen molar-refractivity contribution < 1.29 is 14.5 Å². The second-order valence-corrected chi connectivity index (χ2v) is 8.01. The highest BCUT2D eigenvalue weighted by Crippen LogP contribution is 2.23. The number of nitro benzene ring substituents is 1. The molecule has 0 saturated heterocycles. The van der Waals surface area contributed by atoms with Crippen LogP contribution in [-0.2, 0) is 6.61 Å². The van der Waals surface area contributed by atoms with E-state index in [9.17, 15) is 14.9 Å². The standard InChI is InChI=1S/C25H21ClN4O4/c1-16-24(26)17(2)29(28-16)21-11-7-20(8-12-21)27-25(31)19-5-13-23(14-6-19)34-15-18-3-9-22(10-4-18)30(32)33/h3-14H,15H2,1-2H3,(H,27,31). The molecule has 1 amide bonds. The molecule has 1 N–H and O–H groups in total. The highest BCUT2D eigenvalue weighted by atomic mass is 35.5. The van der Waals surface area contributed by atoms with Crippen molar-refractivity contribution in [3.8, 4) is 11.4 Å². The van der Waals surface area contributed by atoms with E-state index in [1.807, 2.05) is 26.0 Å². The minimum atomic E-state index is -0.444. The van der Waals surface area contributed by atoms with Gasteiger partial charge in [-0.15, -0.1) is 0 Å². The van der Waals surface area contributed by atoms with E-state index in [-0.39, 0.29) is 18.2 Å². The van der Waals surface area contributed by atoms with Gasteiger partial charge in [0.2, 0.25) is 0 Å². The topological polar surface area (TPSA) is 99.3 Å². The monoisotopic (exact) mass is 476 g/mol. The first kappa shape index (κ1) is 23.0. The van der Waals surface area contributed by atoms with Gasteiger partial charge in [0.25, 0.3) is 11.6 Å². The Hall–Kier alpha value is -4.17. The molecule has 0 radical (unpaired) electrons. The van der Waals surface area contributed by atoms with Crippen LogP contribution in [-0.4, -0.2) is 20.6 Å². The molecular weight excluding hydrogens is 456 g/mol. The highest BCUT2D eigenvalue weighted by Gasteiger charge is 2.11. The molecule has 1 aromatic heterocycles. The number of anilines is 1. The first-order valence-electron chi connectivity index (χ1n) is 10.4. The third kappa shape index (κ3) is 5.07. The van der Waals surface area contributed by atoms with Crippen LogP contribution in [0.25, 0.3) is 5.69 Å². The number of carbonyl (C=O) groups is 1. The van der Waals surface area contributed by atoms with Crippen LogP contribution in [0.1, 0.15) is 27.3 Å². The molecule has 9 heteroatoms. The van der Waals surface area contributed by atoms with Crippen molar-refractivity contribution in [2.75, 3.05) is 5.32 Å². The Balaban J connectivity index is 1.35. The Labute approximate surface area is 200 Å².